The zero-order chi connectivity index (χ0) is 25.8. The number of aromatic carboxylic acids is 1. The fourth-order valence-electron chi connectivity index (χ4n) is 3.30. The summed E-state index contributed by atoms with van der Waals surface area (Å²) in [5, 5.41) is 12.8. The van der Waals surface area contributed by atoms with Crippen LogP contribution < -0.4 is 21.4 Å². The summed E-state index contributed by atoms with van der Waals surface area (Å²) in [4.78, 5) is 44.5. The molecular weight excluding hydrogens is 509 g/mol. The van der Waals surface area contributed by atoms with Crippen LogP contribution in [0.15, 0.2) is 70.3 Å². The minimum atomic E-state index is -1.18. The molecule has 4 aromatic rings. The number of halogens is 2. The highest BCUT2D eigenvalue weighted by Crippen LogP contribution is 2.30. The van der Waals surface area contributed by atoms with E-state index < -0.39 is 17.3 Å². The molecule has 2 aromatic carbocycles. The fraction of sp³-hybridized carbons (Fsp3) is 0.125. The Hall–Kier alpha value is -4.15. The molecule has 36 heavy (non-hydrogen) atoms. The van der Waals surface area contributed by atoms with E-state index >= 15 is 0 Å². The molecule has 0 atom stereocenters. The zero-order valence-electron chi connectivity index (χ0n) is 18.8. The van der Waals surface area contributed by atoms with Crippen LogP contribution in [-0.4, -0.2) is 30.2 Å². The van der Waals surface area contributed by atoms with Gasteiger partial charge in [-0.15, -0.1) is 0 Å². The Bertz CT molecular complexity index is 1550. The van der Waals surface area contributed by atoms with Crippen LogP contribution in [0.2, 0.25) is 10.0 Å². The van der Waals surface area contributed by atoms with Crippen LogP contribution in [0.25, 0.3) is 0 Å². The van der Waals surface area contributed by atoms with Crippen LogP contribution in [0.4, 0.5) is 11.6 Å². The third-order valence-electron chi connectivity index (χ3n) is 5.07. The molecular formula is C24H19Cl2N5O5. The summed E-state index contributed by atoms with van der Waals surface area (Å²) in [5.41, 5.74) is -0.253. The number of pyridine rings is 1. The van der Waals surface area contributed by atoms with Gasteiger partial charge < -0.3 is 15.2 Å². The van der Waals surface area contributed by atoms with E-state index in [0.29, 0.717) is 16.5 Å². The SMILES string of the molecule is CCn1c(=O)nc(Nc2ccc(Oc3cccc(C(=O)O)n3)cc2Cl)n(Cc2ccc(Cl)cc2)c1=O. The van der Waals surface area contributed by atoms with Crippen LogP contribution in [0.3, 0.4) is 0 Å². The Kier molecular flexibility index (Phi) is 7.37. The van der Waals surface area contributed by atoms with Gasteiger partial charge in [-0.2, -0.15) is 4.98 Å². The average molecular weight is 528 g/mol. The molecule has 2 aromatic heterocycles. The van der Waals surface area contributed by atoms with Crippen LogP contribution in [0.1, 0.15) is 23.0 Å². The first-order valence-corrected chi connectivity index (χ1v) is 11.4. The number of rotatable bonds is 8. The molecule has 184 valence electrons. The van der Waals surface area contributed by atoms with Crippen LogP contribution in [0, 0.1) is 0 Å². The molecule has 0 spiro atoms. The second-order valence-corrected chi connectivity index (χ2v) is 8.34. The Morgan fingerprint density at radius 3 is 2.44 bits per heavy atom. The van der Waals surface area contributed by atoms with Gasteiger partial charge in [0.2, 0.25) is 11.8 Å². The lowest BCUT2D eigenvalue weighted by molar-refractivity contribution is 0.0689. The van der Waals surface area contributed by atoms with Gasteiger partial charge in [0.05, 0.1) is 17.3 Å². The molecule has 0 aliphatic heterocycles. The van der Waals surface area contributed by atoms with E-state index in [9.17, 15) is 14.4 Å². The summed E-state index contributed by atoms with van der Waals surface area (Å²) < 4.78 is 7.97. The summed E-state index contributed by atoms with van der Waals surface area (Å²) in [6.45, 7) is 1.98. The number of nitrogens with one attached hydrogen (secondary N) is 1. The van der Waals surface area contributed by atoms with Gasteiger partial charge in [-0.05, 0) is 42.8 Å². The van der Waals surface area contributed by atoms with Gasteiger partial charge in [0.15, 0.2) is 5.69 Å². The molecule has 0 aliphatic rings. The number of anilines is 2. The number of hydrogen-bond donors (Lipinski definition) is 2. The monoisotopic (exact) mass is 527 g/mol. The number of carboxylic acids is 1. The number of benzene rings is 2. The number of carboxylic acid groups (broad SMARTS) is 1. The van der Waals surface area contributed by atoms with Gasteiger partial charge in [-0.1, -0.05) is 41.4 Å². The molecule has 12 heteroatoms. The van der Waals surface area contributed by atoms with Crippen molar-refractivity contribution >= 4 is 40.8 Å². The van der Waals surface area contributed by atoms with Crippen molar-refractivity contribution < 1.29 is 14.6 Å². The van der Waals surface area contributed by atoms with E-state index in [1.54, 1.807) is 43.3 Å². The van der Waals surface area contributed by atoms with Crippen LogP contribution >= 0.6 is 23.2 Å². The van der Waals surface area contributed by atoms with Crippen molar-refractivity contribution in [2.75, 3.05) is 5.32 Å². The van der Waals surface area contributed by atoms with E-state index in [1.165, 1.54) is 28.8 Å². The molecule has 0 unspecified atom stereocenters. The van der Waals surface area contributed by atoms with Gasteiger partial charge in [-0.3, -0.25) is 4.57 Å². The maximum Gasteiger partial charge on any atom is 0.354 e. The minimum absolute atomic E-state index is 0.0102. The lowest BCUT2D eigenvalue weighted by Crippen LogP contribution is -2.42. The number of ether oxygens (including phenoxy) is 1. The summed E-state index contributed by atoms with van der Waals surface area (Å²) in [6, 6.07) is 15.9. The summed E-state index contributed by atoms with van der Waals surface area (Å²) >= 11 is 12.4. The molecule has 0 fully saturated rings. The third-order valence-corrected chi connectivity index (χ3v) is 5.64. The number of nitrogens with zero attached hydrogens (tertiary/aromatic N) is 4. The molecule has 2 N–H and O–H groups in total. The van der Waals surface area contributed by atoms with Crippen molar-refractivity contribution in [3.05, 3.63) is 103 Å². The summed E-state index contributed by atoms with van der Waals surface area (Å²) in [5.74, 6) is -0.793. The van der Waals surface area contributed by atoms with Crippen LogP contribution in [0.5, 0.6) is 11.6 Å². The van der Waals surface area contributed by atoms with Crippen molar-refractivity contribution in [1.82, 2.24) is 19.1 Å². The fourth-order valence-corrected chi connectivity index (χ4v) is 3.65. The molecule has 10 nitrogen and oxygen atoms in total. The average Bonchev–Trinajstić information content (AvgIpc) is 2.84. The number of carbonyl (C=O) groups is 1. The third kappa shape index (κ3) is 5.56. The van der Waals surface area contributed by atoms with Gasteiger partial charge in [0.25, 0.3) is 0 Å². The van der Waals surface area contributed by atoms with Gasteiger partial charge in [-0.25, -0.2) is 23.9 Å². The molecule has 0 saturated heterocycles. The molecule has 0 radical (unpaired) electrons. The smallest absolute Gasteiger partial charge is 0.354 e. The molecule has 0 saturated carbocycles. The molecule has 4 rings (SSSR count). The van der Waals surface area contributed by atoms with Gasteiger partial charge in [0.1, 0.15) is 5.75 Å². The van der Waals surface area contributed by atoms with Gasteiger partial charge in [0, 0.05) is 23.7 Å². The normalized spacial score (nSPS) is 10.8. The largest absolute Gasteiger partial charge is 0.477 e. The topological polar surface area (TPSA) is 128 Å². The molecule has 2 heterocycles. The maximum absolute atomic E-state index is 13.0. The minimum Gasteiger partial charge on any atom is -0.477 e. The Morgan fingerprint density at radius 2 is 1.78 bits per heavy atom. The number of hydrogen-bond acceptors (Lipinski definition) is 7. The zero-order valence-corrected chi connectivity index (χ0v) is 20.3. The first-order valence-electron chi connectivity index (χ1n) is 10.7. The van der Waals surface area contributed by atoms with Crippen LogP contribution in [-0.2, 0) is 13.1 Å². The lowest BCUT2D eigenvalue weighted by atomic mass is 10.2. The first-order chi connectivity index (χ1) is 17.2. The van der Waals surface area contributed by atoms with Crippen molar-refractivity contribution in [2.24, 2.45) is 0 Å². The van der Waals surface area contributed by atoms with Crippen molar-refractivity contribution in [3.8, 4) is 11.6 Å². The first kappa shape index (κ1) is 25.0. The number of aromatic nitrogens is 4. The highest BCUT2D eigenvalue weighted by Gasteiger charge is 2.15. The maximum atomic E-state index is 13.0. The van der Waals surface area contributed by atoms with E-state index in [1.807, 2.05) is 0 Å². The second-order valence-electron chi connectivity index (χ2n) is 7.49. The van der Waals surface area contributed by atoms with Gasteiger partial charge >= 0.3 is 17.3 Å². The van der Waals surface area contributed by atoms with Crippen molar-refractivity contribution in [2.45, 2.75) is 20.0 Å². The van der Waals surface area contributed by atoms with Crippen molar-refractivity contribution in [1.29, 1.82) is 0 Å². The standard InChI is InChI=1S/C24H19Cl2N5O5/c1-2-30-23(34)29-22(31(24(30)35)13-14-6-8-15(25)9-7-14)28-18-11-10-16(12-17(18)26)36-20-5-3-4-19(27-20)21(32)33/h3-12H,2,13H2,1H3,(H,32,33)(H,28,29,34). The molecule has 0 bridgehead atoms. The second kappa shape index (κ2) is 10.6. The highest BCUT2D eigenvalue weighted by atomic mass is 35.5. The Labute approximate surface area is 214 Å². The predicted octanol–water partition coefficient (Wildman–Crippen LogP) is 4.41. The van der Waals surface area contributed by atoms with E-state index in [-0.39, 0.29) is 35.6 Å². The highest BCUT2D eigenvalue weighted by molar-refractivity contribution is 6.33. The Balaban J connectivity index is 1.65. The molecule has 0 amide bonds. The quantitative estimate of drug-likeness (QED) is 0.344. The Morgan fingerprint density at radius 1 is 1.03 bits per heavy atom. The summed E-state index contributed by atoms with van der Waals surface area (Å²) in [7, 11) is 0. The van der Waals surface area contributed by atoms with E-state index in [0.717, 1.165) is 10.1 Å². The van der Waals surface area contributed by atoms with Crippen molar-refractivity contribution in [3.63, 3.8) is 0 Å². The predicted molar refractivity (Wildman–Crippen MR) is 135 cm³/mol. The lowest BCUT2D eigenvalue weighted by Gasteiger charge is -2.16. The van der Waals surface area contributed by atoms with E-state index in [2.05, 4.69) is 15.3 Å². The summed E-state index contributed by atoms with van der Waals surface area (Å²) in [6.07, 6.45) is 0. The van der Waals surface area contributed by atoms with E-state index in [4.69, 9.17) is 33.0 Å². The molecule has 0 aliphatic carbocycles.